The molecule has 0 atom stereocenters. The molecule has 1 saturated heterocycles. The van der Waals surface area contributed by atoms with Crippen molar-refractivity contribution in [3.8, 4) is 17.2 Å². The number of ether oxygens (including phenoxy) is 3. The number of para-hydroxylation sites is 1. The summed E-state index contributed by atoms with van der Waals surface area (Å²) in [5.74, 6) is -1.25. The fraction of sp³-hybridized carbons (Fsp3) is 0.200. The van der Waals surface area contributed by atoms with Gasteiger partial charge < -0.3 is 19.5 Å². The van der Waals surface area contributed by atoms with Gasteiger partial charge in [0, 0.05) is 16.1 Å². The van der Waals surface area contributed by atoms with Crippen molar-refractivity contribution < 1.29 is 33.4 Å². The van der Waals surface area contributed by atoms with Gasteiger partial charge >= 0.3 is 6.03 Å². The van der Waals surface area contributed by atoms with Crippen LogP contribution in [0.2, 0.25) is 5.02 Å². The highest BCUT2D eigenvalue weighted by Crippen LogP contribution is 2.37. The molecule has 1 heterocycles. The van der Waals surface area contributed by atoms with Crippen LogP contribution in [0, 0.1) is 0 Å². The summed E-state index contributed by atoms with van der Waals surface area (Å²) >= 11 is 12.9. The van der Waals surface area contributed by atoms with Crippen LogP contribution >= 0.6 is 43.5 Å². The van der Waals surface area contributed by atoms with Gasteiger partial charge in [0.1, 0.15) is 11.3 Å². The monoisotopic (exact) mass is 733 g/mol. The van der Waals surface area contributed by atoms with E-state index in [-0.39, 0.29) is 22.6 Å². The van der Waals surface area contributed by atoms with E-state index < -0.39 is 30.4 Å². The molecule has 0 spiro atoms. The minimum Gasteiger partial charge on any atom is -0.490 e. The predicted octanol–water partition coefficient (Wildman–Crippen LogP) is 6.74. The van der Waals surface area contributed by atoms with Crippen LogP contribution in [0.15, 0.2) is 69.1 Å². The molecule has 1 aliphatic rings. The standard InChI is InChI=1S/C30H26Br2ClN3O7/c1-3-11-42-24-10-9-19(15-25(24)41-4-2)36-29(39)20(28(38)35-30(36)40)13-17-12-18(31)14-21(32)27(17)43-16-26(37)34-23-8-6-5-7-22(23)33/h5-10,12-15H,3-4,11,16H2,1-2H3,(H,34,37)(H,35,38,40)/b20-13+. The first-order chi connectivity index (χ1) is 20.6. The molecule has 0 aromatic heterocycles. The Kier molecular flexibility index (Phi) is 10.8. The molecule has 0 unspecified atom stereocenters. The van der Waals surface area contributed by atoms with E-state index in [4.69, 9.17) is 25.8 Å². The molecule has 5 amide bonds. The van der Waals surface area contributed by atoms with Crippen molar-refractivity contribution in [1.82, 2.24) is 5.32 Å². The molecule has 1 aliphatic heterocycles. The van der Waals surface area contributed by atoms with Crippen molar-refractivity contribution in [2.75, 3.05) is 30.0 Å². The molecule has 13 heteroatoms. The Bertz CT molecular complexity index is 1610. The van der Waals surface area contributed by atoms with E-state index in [0.717, 1.165) is 11.3 Å². The summed E-state index contributed by atoms with van der Waals surface area (Å²) in [6, 6.07) is 13.7. The van der Waals surface area contributed by atoms with Crippen molar-refractivity contribution in [2.45, 2.75) is 20.3 Å². The number of imide groups is 2. The Hall–Kier alpha value is -3.87. The van der Waals surface area contributed by atoms with Gasteiger partial charge in [-0.1, -0.05) is 46.6 Å². The van der Waals surface area contributed by atoms with E-state index in [2.05, 4.69) is 42.5 Å². The number of benzene rings is 3. The van der Waals surface area contributed by atoms with E-state index in [1.54, 1.807) is 49.4 Å². The van der Waals surface area contributed by atoms with Crippen LogP contribution in [0.4, 0.5) is 16.2 Å². The number of anilines is 2. The van der Waals surface area contributed by atoms with Crippen LogP contribution in [0.25, 0.3) is 6.08 Å². The van der Waals surface area contributed by atoms with Crippen molar-refractivity contribution in [2.24, 2.45) is 0 Å². The zero-order chi connectivity index (χ0) is 31.1. The Balaban J connectivity index is 1.64. The normalized spacial score (nSPS) is 14.0. The van der Waals surface area contributed by atoms with E-state index in [0.29, 0.717) is 44.4 Å². The van der Waals surface area contributed by atoms with E-state index in [1.807, 2.05) is 6.92 Å². The second-order valence-electron chi connectivity index (χ2n) is 8.99. The number of carbonyl (C=O) groups is 4. The van der Waals surface area contributed by atoms with Gasteiger partial charge in [-0.3, -0.25) is 19.7 Å². The molecule has 10 nitrogen and oxygen atoms in total. The Morgan fingerprint density at radius 3 is 2.49 bits per heavy atom. The number of amides is 5. The number of halogens is 3. The maximum absolute atomic E-state index is 13.6. The first kappa shape index (κ1) is 32.1. The van der Waals surface area contributed by atoms with Gasteiger partial charge in [0.15, 0.2) is 18.1 Å². The highest BCUT2D eigenvalue weighted by atomic mass is 79.9. The Labute approximate surface area is 269 Å². The second kappa shape index (κ2) is 14.5. The molecule has 224 valence electrons. The van der Waals surface area contributed by atoms with Gasteiger partial charge in [-0.25, -0.2) is 9.69 Å². The average molecular weight is 736 g/mol. The molecule has 0 aliphatic carbocycles. The number of carbonyl (C=O) groups excluding carboxylic acids is 4. The third-order valence-corrected chi connectivity index (χ3v) is 7.26. The number of hydrogen-bond acceptors (Lipinski definition) is 7. The highest BCUT2D eigenvalue weighted by Gasteiger charge is 2.37. The van der Waals surface area contributed by atoms with E-state index in [9.17, 15) is 19.2 Å². The van der Waals surface area contributed by atoms with Crippen molar-refractivity contribution in [3.63, 3.8) is 0 Å². The Morgan fingerprint density at radius 2 is 1.77 bits per heavy atom. The first-order valence-electron chi connectivity index (χ1n) is 13.1. The quantitative estimate of drug-likeness (QED) is 0.165. The number of nitrogens with zero attached hydrogens (tertiary/aromatic N) is 1. The fourth-order valence-corrected chi connectivity index (χ4v) is 5.56. The summed E-state index contributed by atoms with van der Waals surface area (Å²) in [5, 5.41) is 5.24. The summed E-state index contributed by atoms with van der Waals surface area (Å²) < 4.78 is 18.2. The number of barbiturate groups is 1. The summed E-state index contributed by atoms with van der Waals surface area (Å²) in [6.07, 6.45) is 2.07. The molecule has 1 fully saturated rings. The molecule has 4 rings (SSSR count). The summed E-state index contributed by atoms with van der Waals surface area (Å²) in [7, 11) is 0. The number of nitrogens with one attached hydrogen (secondary N) is 2. The zero-order valence-electron chi connectivity index (χ0n) is 23.0. The van der Waals surface area contributed by atoms with Gasteiger partial charge in [0.05, 0.1) is 34.1 Å². The second-order valence-corrected chi connectivity index (χ2v) is 11.2. The number of hydrogen-bond donors (Lipinski definition) is 2. The molecule has 3 aromatic carbocycles. The molecule has 0 bridgehead atoms. The van der Waals surface area contributed by atoms with Crippen molar-refractivity contribution in [3.05, 3.63) is 79.7 Å². The Morgan fingerprint density at radius 1 is 1.00 bits per heavy atom. The SMILES string of the molecule is CCCOc1ccc(N2C(=O)NC(=O)/C(=C\c3cc(Br)cc(Br)c3OCC(=O)Nc3ccccc3Cl)C2=O)cc1OCC. The molecule has 43 heavy (non-hydrogen) atoms. The topological polar surface area (TPSA) is 123 Å². The van der Waals surface area contributed by atoms with Crippen molar-refractivity contribution in [1.29, 1.82) is 0 Å². The van der Waals surface area contributed by atoms with Crippen LogP contribution < -0.4 is 29.7 Å². The van der Waals surface area contributed by atoms with Crippen LogP contribution in [-0.4, -0.2) is 43.6 Å². The maximum Gasteiger partial charge on any atom is 0.335 e. The lowest BCUT2D eigenvalue weighted by atomic mass is 10.1. The summed E-state index contributed by atoms with van der Waals surface area (Å²) in [5.41, 5.74) is 0.551. The number of urea groups is 1. The van der Waals surface area contributed by atoms with Gasteiger partial charge in [-0.05, 0) is 71.7 Å². The third kappa shape index (κ3) is 7.75. The van der Waals surface area contributed by atoms with Crippen LogP contribution in [0.1, 0.15) is 25.8 Å². The minimum atomic E-state index is -0.917. The predicted molar refractivity (Wildman–Crippen MR) is 170 cm³/mol. The van der Waals surface area contributed by atoms with Crippen LogP contribution in [0.5, 0.6) is 17.2 Å². The van der Waals surface area contributed by atoms with Crippen LogP contribution in [0.3, 0.4) is 0 Å². The molecule has 0 radical (unpaired) electrons. The van der Waals surface area contributed by atoms with Crippen molar-refractivity contribution >= 4 is 84.7 Å². The lowest BCUT2D eigenvalue weighted by Crippen LogP contribution is -2.54. The molecule has 0 saturated carbocycles. The van der Waals surface area contributed by atoms with E-state index in [1.165, 1.54) is 18.2 Å². The molecule has 3 aromatic rings. The summed E-state index contributed by atoms with van der Waals surface area (Å²) in [4.78, 5) is 52.8. The highest BCUT2D eigenvalue weighted by molar-refractivity contribution is 9.11. The van der Waals surface area contributed by atoms with Gasteiger partial charge in [0.25, 0.3) is 17.7 Å². The van der Waals surface area contributed by atoms with Gasteiger partial charge in [0.2, 0.25) is 0 Å². The van der Waals surface area contributed by atoms with Gasteiger partial charge in [-0.2, -0.15) is 0 Å². The average Bonchev–Trinajstić information content (AvgIpc) is 2.95. The fourth-order valence-electron chi connectivity index (χ4n) is 4.01. The molecule has 2 N–H and O–H groups in total. The smallest absolute Gasteiger partial charge is 0.335 e. The molecular formula is C30H26Br2ClN3O7. The lowest BCUT2D eigenvalue weighted by Gasteiger charge is -2.27. The maximum atomic E-state index is 13.6. The van der Waals surface area contributed by atoms with Crippen LogP contribution in [-0.2, 0) is 14.4 Å². The summed E-state index contributed by atoms with van der Waals surface area (Å²) in [6.45, 7) is 4.14. The third-order valence-electron chi connectivity index (χ3n) is 5.88. The largest absolute Gasteiger partial charge is 0.490 e. The zero-order valence-corrected chi connectivity index (χ0v) is 27.0. The molecular weight excluding hydrogens is 710 g/mol. The number of rotatable bonds is 11. The lowest BCUT2D eigenvalue weighted by molar-refractivity contribution is -0.122. The first-order valence-corrected chi connectivity index (χ1v) is 15.1. The van der Waals surface area contributed by atoms with Gasteiger partial charge in [-0.15, -0.1) is 0 Å². The van der Waals surface area contributed by atoms with E-state index >= 15 is 0 Å². The minimum absolute atomic E-state index is 0.177.